The number of nitrogens with zero attached hydrogens (tertiary/aromatic N) is 2. The molecule has 0 aliphatic rings. The average Bonchev–Trinajstić information content (AvgIpc) is 2.68. The van der Waals surface area contributed by atoms with Crippen molar-refractivity contribution in [2.75, 3.05) is 26.1 Å². The quantitative estimate of drug-likeness (QED) is 0.493. The van der Waals surface area contributed by atoms with Crippen LogP contribution in [0.4, 0.5) is 5.82 Å². The zero-order chi connectivity index (χ0) is 19.6. The molecule has 0 saturated carbocycles. The molecule has 0 atom stereocenters. The summed E-state index contributed by atoms with van der Waals surface area (Å²) in [6.07, 6.45) is 3.53. The summed E-state index contributed by atoms with van der Waals surface area (Å²) < 4.78 is 11.3. The number of amides is 1. The lowest BCUT2D eigenvalue weighted by atomic mass is 10.1. The summed E-state index contributed by atoms with van der Waals surface area (Å²) in [6, 6.07) is 11.0. The van der Waals surface area contributed by atoms with Crippen LogP contribution in [0, 0.1) is 11.3 Å². The van der Waals surface area contributed by atoms with Gasteiger partial charge in [-0.25, -0.2) is 4.98 Å². The van der Waals surface area contributed by atoms with Gasteiger partial charge in [-0.2, -0.15) is 5.26 Å². The maximum Gasteiger partial charge on any atom is 0.263 e. The van der Waals surface area contributed by atoms with Gasteiger partial charge in [0.2, 0.25) is 0 Å². The first-order valence-corrected chi connectivity index (χ1v) is 8.84. The molecule has 0 saturated heterocycles. The predicted octanol–water partition coefficient (Wildman–Crippen LogP) is 3.04. The van der Waals surface area contributed by atoms with Gasteiger partial charge in [-0.1, -0.05) is 22.0 Å². The van der Waals surface area contributed by atoms with E-state index in [4.69, 9.17) is 9.47 Å². The van der Waals surface area contributed by atoms with E-state index in [0.717, 1.165) is 10.0 Å². The van der Waals surface area contributed by atoms with Crippen LogP contribution in [0.3, 0.4) is 0 Å². The highest BCUT2D eigenvalue weighted by Crippen LogP contribution is 2.27. The number of anilines is 1. The standard InChI is InChI=1S/C19H19BrN4O3/c1-26-16-4-3-13(9-17(16)27-2)5-7-23-19(25)14(11-21)12-24-18-10-15(20)6-8-22-18/h3-4,6,8-10,12H,5,7H2,1-2H3,(H,22,24)(H,23,25)/b14-12-. The molecule has 140 valence electrons. The van der Waals surface area contributed by atoms with Gasteiger partial charge < -0.3 is 20.1 Å². The maximum atomic E-state index is 12.2. The SMILES string of the molecule is COc1ccc(CCNC(=O)/C(C#N)=C\Nc2cc(Br)ccn2)cc1OC. The minimum Gasteiger partial charge on any atom is -0.493 e. The Kier molecular flexibility index (Phi) is 7.64. The van der Waals surface area contributed by atoms with E-state index in [9.17, 15) is 10.1 Å². The number of benzene rings is 1. The minimum absolute atomic E-state index is 0.0379. The molecule has 2 N–H and O–H groups in total. The molecule has 1 heterocycles. The Morgan fingerprint density at radius 2 is 2.04 bits per heavy atom. The summed E-state index contributed by atoms with van der Waals surface area (Å²) in [4.78, 5) is 16.2. The van der Waals surface area contributed by atoms with Crippen molar-refractivity contribution >= 4 is 27.7 Å². The molecule has 1 aromatic heterocycles. The molecule has 1 aromatic carbocycles. The van der Waals surface area contributed by atoms with Crippen molar-refractivity contribution in [2.24, 2.45) is 0 Å². The smallest absolute Gasteiger partial charge is 0.263 e. The van der Waals surface area contributed by atoms with Crippen LogP contribution in [0.5, 0.6) is 11.5 Å². The van der Waals surface area contributed by atoms with Crippen LogP contribution in [-0.2, 0) is 11.2 Å². The second-order valence-electron chi connectivity index (χ2n) is 5.37. The molecule has 0 aliphatic heterocycles. The molecule has 27 heavy (non-hydrogen) atoms. The van der Waals surface area contributed by atoms with Crippen LogP contribution in [-0.4, -0.2) is 31.7 Å². The summed E-state index contributed by atoms with van der Waals surface area (Å²) >= 11 is 3.33. The van der Waals surface area contributed by atoms with E-state index < -0.39 is 5.91 Å². The Morgan fingerprint density at radius 1 is 1.26 bits per heavy atom. The summed E-state index contributed by atoms with van der Waals surface area (Å²) in [6.45, 7) is 0.377. The van der Waals surface area contributed by atoms with E-state index in [1.807, 2.05) is 24.3 Å². The van der Waals surface area contributed by atoms with E-state index in [-0.39, 0.29) is 5.57 Å². The monoisotopic (exact) mass is 430 g/mol. The molecule has 0 bridgehead atoms. The van der Waals surface area contributed by atoms with E-state index in [0.29, 0.717) is 30.3 Å². The summed E-state index contributed by atoms with van der Waals surface area (Å²) in [5.74, 6) is 1.34. The number of nitriles is 1. The van der Waals surface area contributed by atoms with Crippen LogP contribution in [0.2, 0.25) is 0 Å². The minimum atomic E-state index is -0.458. The third-order valence-electron chi connectivity index (χ3n) is 3.60. The first-order valence-electron chi connectivity index (χ1n) is 8.05. The number of aromatic nitrogens is 1. The van der Waals surface area contributed by atoms with Gasteiger partial charge in [0, 0.05) is 23.4 Å². The first kappa shape index (κ1) is 20.3. The molecule has 7 nitrogen and oxygen atoms in total. The lowest BCUT2D eigenvalue weighted by Crippen LogP contribution is -2.27. The van der Waals surface area contributed by atoms with Crippen LogP contribution in [0.25, 0.3) is 0 Å². The number of pyridine rings is 1. The largest absolute Gasteiger partial charge is 0.493 e. The number of hydrogen-bond donors (Lipinski definition) is 2. The van der Waals surface area contributed by atoms with Crippen LogP contribution < -0.4 is 20.1 Å². The van der Waals surface area contributed by atoms with Gasteiger partial charge in [-0.15, -0.1) is 0 Å². The summed E-state index contributed by atoms with van der Waals surface area (Å²) in [7, 11) is 3.14. The third-order valence-corrected chi connectivity index (χ3v) is 4.09. The molecule has 0 spiro atoms. The molecule has 8 heteroatoms. The normalized spacial score (nSPS) is 10.7. The third kappa shape index (κ3) is 6.01. The Labute approximate surface area is 166 Å². The fourth-order valence-corrected chi connectivity index (χ4v) is 2.57. The van der Waals surface area contributed by atoms with Crippen molar-refractivity contribution in [1.82, 2.24) is 10.3 Å². The number of hydrogen-bond acceptors (Lipinski definition) is 6. The molecule has 1 amide bonds. The zero-order valence-corrected chi connectivity index (χ0v) is 16.5. The number of nitrogens with one attached hydrogen (secondary N) is 2. The van der Waals surface area contributed by atoms with Crippen molar-refractivity contribution in [3.63, 3.8) is 0 Å². The van der Waals surface area contributed by atoms with Gasteiger partial charge in [-0.3, -0.25) is 4.79 Å². The zero-order valence-electron chi connectivity index (χ0n) is 15.0. The second-order valence-corrected chi connectivity index (χ2v) is 6.28. The Bertz CT molecular complexity index is 877. The number of carbonyl (C=O) groups is 1. The average molecular weight is 431 g/mol. The summed E-state index contributed by atoms with van der Waals surface area (Å²) in [5, 5.41) is 14.8. The first-order chi connectivity index (χ1) is 13.1. The highest BCUT2D eigenvalue weighted by Gasteiger charge is 2.09. The van der Waals surface area contributed by atoms with Crippen molar-refractivity contribution in [3.8, 4) is 17.6 Å². The van der Waals surface area contributed by atoms with Gasteiger partial charge in [0.25, 0.3) is 5.91 Å². The van der Waals surface area contributed by atoms with Crippen molar-refractivity contribution in [1.29, 1.82) is 5.26 Å². The molecular formula is C19H19BrN4O3. The topological polar surface area (TPSA) is 96.3 Å². The van der Waals surface area contributed by atoms with E-state index >= 15 is 0 Å². The van der Waals surface area contributed by atoms with Crippen LogP contribution in [0.1, 0.15) is 5.56 Å². The predicted molar refractivity (Wildman–Crippen MR) is 106 cm³/mol. The molecular weight excluding hydrogens is 412 g/mol. The number of ether oxygens (including phenoxy) is 2. The Hall–Kier alpha value is -3.05. The van der Waals surface area contributed by atoms with Crippen LogP contribution in [0.15, 0.2) is 52.8 Å². The molecule has 2 aromatic rings. The van der Waals surface area contributed by atoms with E-state index in [2.05, 4.69) is 31.5 Å². The number of methoxy groups -OCH3 is 2. The second kappa shape index (κ2) is 10.2. The highest BCUT2D eigenvalue weighted by molar-refractivity contribution is 9.10. The highest BCUT2D eigenvalue weighted by atomic mass is 79.9. The van der Waals surface area contributed by atoms with Crippen molar-refractivity contribution < 1.29 is 14.3 Å². The van der Waals surface area contributed by atoms with Gasteiger partial charge in [0.05, 0.1) is 14.2 Å². The fraction of sp³-hybridized carbons (Fsp3) is 0.211. The van der Waals surface area contributed by atoms with E-state index in [1.54, 1.807) is 32.5 Å². The van der Waals surface area contributed by atoms with Gasteiger partial charge in [0.1, 0.15) is 17.5 Å². The Balaban J connectivity index is 1.91. The van der Waals surface area contributed by atoms with Crippen molar-refractivity contribution in [3.05, 3.63) is 58.3 Å². The molecule has 2 rings (SSSR count). The maximum absolute atomic E-state index is 12.2. The number of halogens is 1. The van der Waals surface area contributed by atoms with Gasteiger partial charge in [0.15, 0.2) is 11.5 Å². The van der Waals surface area contributed by atoms with Gasteiger partial charge >= 0.3 is 0 Å². The fourth-order valence-electron chi connectivity index (χ4n) is 2.23. The molecule has 0 aliphatic carbocycles. The number of carbonyl (C=O) groups excluding carboxylic acids is 1. The van der Waals surface area contributed by atoms with Crippen molar-refractivity contribution in [2.45, 2.75) is 6.42 Å². The molecule has 0 unspecified atom stereocenters. The lowest BCUT2D eigenvalue weighted by Gasteiger charge is -2.10. The van der Waals surface area contributed by atoms with Gasteiger partial charge in [-0.05, 0) is 36.2 Å². The van der Waals surface area contributed by atoms with Crippen LogP contribution >= 0.6 is 15.9 Å². The lowest BCUT2D eigenvalue weighted by molar-refractivity contribution is -0.117. The van der Waals surface area contributed by atoms with E-state index in [1.165, 1.54) is 6.20 Å². The molecule has 0 radical (unpaired) electrons. The molecule has 0 fully saturated rings. The Morgan fingerprint density at radius 3 is 2.70 bits per heavy atom. The summed E-state index contributed by atoms with van der Waals surface area (Å²) in [5.41, 5.74) is 0.941. The number of rotatable bonds is 8.